The molecular formula is C12H18N2O4S2. The molecule has 20 heavy (non-hydrogen) atoms. The maximum absolute atomic E-state index is 11.7. The summed E-state index contributed by atoms with van der Waals surface area (Å²) in [5.41, 5.74) is 0. The predicted molar refractivity (Wildman–Crippen MR) is 76.0 cm³/mol. The van der Waals surface area contributed by atoms with E-state index in [0.29, 0.717) is 19.4 Å². The van der Waals surface area contributed by atoms with Gasteiger partial charge in [-0.25, -0.2) is 13.6 Å². The molecule has 1 saturated heterocycles. The predicted octanol–water partition coefficient (Wildman–Crippen LogP) is 0.623. The zero-order valence-corrected chi connectivity index (χ0v) is 12.6. The van der Waals surface area contributed by atoms with Crippen molar-refractivity contribution >= 4 is 27.3 Å². The Kier molecular flexibility index (Phi) is 5.14. The summed E-state index contributed by atoms with van der Waals surface area (Å²) in [4.78, 5) is 12.5. The summed E-state index contributed by atoms with van der Waals surface area (Å²) >= 11 is 1.14. The van der Waals surface area contributed by atoms with Gasteiger partial charge in [0.05, 0.1) is 12.5 Å². The maximum Gasteiger partial charge on any atom is 0.247 e. The van der Waals surface area contributed by atoms with Crippen molar-refractivity contribution in [2.24, 2.45) is 5.14 Å². The SMILES string of the molecule is NS(=O)(=O)c1ccc(CCNC(=O)CC2CCCO2)s1. The average molecular weight is 318 g/mol. The summed E-state index contributed by atoms with van der Waals surface area (Å²) in [5.74, 6) is -0.0277. The normalized spacial score (nSPS) is 19.1. The van der Waals surface area contributed by atoms with Crippen LogP contribution in [0.5, 0.6) is 0 Å². The minimum absolute atomic E-state index is 0.0277. The first-order valence-electron chi connectivity index (χ1n) is 6.45. The first-order chi connectivity index (χ1) is 9.45. The Balaban J connectivity index is 1.72. The van der Waals surface area contributed by atoms with Gasteiger partial charge in [0.25, 0.3) is 0 Å². The van der Waals surface area contributed by atoms with Crippen LogP contribution in [0.25, 0.3) is 0 Å². The molecule has 0 spiro atoms. The highest BCUT2D eigenvalue weighted by molar-refractivity contribution is 7.91. The Morgan fingerprint density at radius 3 is 2.90 bits per heavy atom. The molecule has 0 saturated carbocycles. The van der Waals surface area contributed by atoms with Crippen LogP contribution in [0.3, 0.4) is 0 Å². The summed E-state index contributed by atoms with van der Waals surface area (Å²) in [6, 6.07) is 3.21. The third kappa shape index (κ3) is 4.55. The van der Waals surface area contributed by atoms with Crippen molar-refractivity contribution < 1.29 is 17.9 Å². The standard InChI is InChI=1S/C12H18N2O4S2/c13-20(16,17)12-4-3-10(19-12)5-6-14-11(15)8-9-2-1-7-18-9/h3-4,9H,1-2,5-8H2,(H,14,15)(H2,13,16,17). The number of thiophene rings is 1. The number of ether oxygens (including phenoxy) is 1. The fraction of sp³-hybridized carbons (Fsp3) is 0.583. The Labute approximate surface area is 122 Å². The first kappa shape index (κ1) is 15.4. The van der Waals surface area contributed by atoms with Crippen LogP contribution in [-0.2, 0) is 26.0 Å². The Morgan fingerprint density at radius 2 is 2.30 bits per heavy atom. The van der Waals surface area contributed by atoms with E-state index >= 15 is 0 Å². The lowest BCUT2D eigenvalue weighted by molar-refractivity contribution is -0.123. The van der Waals surface area contributed by atoms with Gasteiger partial charge in [0.2, 0.25) is 15.9 Å². The van der Waals surface area contributed by atoms with Crippen LogP contribution < -0.4 is 10.5 Å². The number of hydrogen-bond donors (Lipinski definition) is 2. The summed E-state index contributed by atoms with van der Waals surface area (Å²) in [6.07, 6.45) is 3.00. The second kappa shape index (κ2) is 6.66. The number of carbonyl (C=O) groups excluding carboxylic acids is 1. The topological polar surface area (TPSA) is 98.5 Å². The molecule has 3 N–H and O–H groups in total. The third-order valence-corrected chi connectivity index (χ3v) is 5.63. The van der Waals surface area contributed by atoms with Gasteiger partial charge in [-0.15, -0.1) is 11.3 Å². The van der Waals surface area contributed by atoms with Crippen LogP contribution in [0.4, 0.5) is 0 Å². The van der Waals surface area contributed by atoms with Crippen molar-refractivity contribution in [1.29, 1.82) is 0 Å². The number of sulfonamides is 1. The molecule has 1 aromatic rings. The lowest BCUT2D eigenvalue weighted by atomic mass is 10.2. The molecule has 1 aliphatic heterocycles. The first-order valence-corrected chi connectivity index (χ1v) is 8.81. The summed E-state index contributed by atoms with van der Waals surface area (Å²) in [6.45, 7) is 1.22. The maximum atomic E-state index is 11.7. The van der Waals surface area contributed by atoms with E-state index in [1.165, 1.54) is 6.07 Å². The highest BCUT2D eigenvalue weighted by atomic mass is 32.2. The van der Waals surface area contributed by atoms with Crippen LogP contribution in [0.1, 0.15) is 24.1 Å². The molecule has 8 heteroatoms. The minimum Gasteiger partial charge on any atom is -0.378 e. The van der Waals surface area contributed by atoms with Crippen molar-refractivity contribution in [3.8, 4) is 0 Å². The van der Waals surface area contributed by atoms with Gasteiger partial charge in [0.15, 0.2) is 0 Å². The molecule has 0 bridgehead atoms. The number of amides is 1. The van der Waals surface area contributed by atoms with Crippen LogP contribution >= 0.6 is 11.3 Å². The zero-order valence-electron chi connectivity index (χ0n) is 11.0. The Hall–Kier alpha value is -0.960. The Morgan fingerprint density at radius 1 is 1.50 bits per heavy atom. The summed E-state index contributed by atoms with van der Waals surface area (Å²) in [5, 5.41) is 7.85. The molecule has 2 heterocycles. The van der Waals surface area contributed by atoms with Gasteiger partial charge in [0, 0.05) is 18.0 Å². The lowest BCUT2D eigenvalue weighted by Crippen LogP contribution is -2.28. The smallest absolute Gasteiger partial charge is 0.247 e. The number of rotatable bonds is 6. The van der Waals surface area contributed by atoms with Crippen molar-refractivity contribution in [2.45, 2.75) is 36.0 Å². The largest absolute Gasteiger partial charge is 0.378 e. The second-order valence-electron chi connectivity index (χ2n) is 4.70. The molecule has 0 aromatic carbocycles. The molecule has 112 valence electrons. The van der Waals surface area contributed by atoms with Gasteiger partial charge in [-0.1, -0.05) is 0 Å². The molecule has 1 amide bonds. The van der Waals surface area contributed by atoms with Crippen molar-refractivity contribution in [3.63, 3.8) is 0 Å². The van der Waals surface area contributed by atoms with Crippen LogP contribution in [0.15, 0.2) is 16.3 Å². The van der Waals surface area contributed by atoms with Gasteiger partial charge < -0.3 is 10.1 Å². The number of nitrogens with two attached hydrogens (primary N) is 1. The number of nitrogens with one attached hydrogen (secondary N) is 1. The van der Waals surface area contributed by atoms with E-state index in [2.05, 4.69) is 5.32 Å². The van der Waals surface area contributed by atoms with Crippen molar-refractivity contribution in [2.75, 3.05) is 13.2 Å². The fourth-order valence-corrected chi connectivity index (χ4v) is 3.83. The zero-order chi connectivity index (χ0) is 14.6. The molecule has 1 fully saturated rings. The van der Waals surface area contributed by atoms with E-state index < -0.39 is 10.0 Å². The molecule has 2 rings (SSSR count). The fourth-order valence-electron chi connectivity index (χ4n) is 2.05. The molecule has 1 atom stereocenters. The van der Waals surface area contributed by atoms with E-state index in [1.54, 1.807) is 6.07 Å². The lowest BCUT2D eigenvalue weighted by Gasteiger charge is -2.09. The van der Waals surface area contributed by atoms with Gasteiger partial charge in [-0.3, -0.25) is 4.79 Å². The highest BCUT2D eigenvalue weighted by Crippen LogP contribution is 2.20. The highest BCUT2D eigenvalue weighted by Gasteiger charge is 2.18. The quantitative estimate of drug-likeness (QED) is 0.803. The molecule has 1 aromatic heterocycles. The van der Waals surface area contributed by atoms with Gasteiger partial charge in [-0.05, 0) is 31.4 Å². The molecule has 0 radical (unpaired) electrons. The molecular weight excluding hydrogens is 300 g/mol. The van der Waals surface area contributed by atoms with E-state index in [-0.39, 0.29) is 16.2 Å². The molecule has 1 aliphatic rings. The number of carbonyl (C=O) groups is 1. The second-order valence-corrected chi connectivity index (χ2v) is 7.66. The van der Waals surface area contributed by atoms with Gasteiger partial charge in [-0.2, -0.15) is 0 Å². The van der Waals surface area contributed by atoms with E-state index in [1.807, 2.05) is 0 Å². The molecule has 1 unspecified atom stereocenters. The third-order valence-electron chi connectivity index (χ3n) is 3.05. The minimum atomic E-state index is -3.62. The summed E-state index contributed by atoms with van der Waals surface area (Å²) in [7, 11) is -3.62. The van der Waals surface area contributed by atoms with Crippen LogP contribution in [0.2, 0.25) is 0 Å². The van der Waals surface area contributed by atoms with Crippen molar-refractivity contribution in [3.05, 3.63) is 17.0 Å². The van der Waals surface area contributed by atoms with Gasteiger partial charge in [0.1, 0.15) is 4.21 Å². The van der Waals surface area contributed by atoms with Crippen LogP contribution in [0, 0.1) is 0 Å². The van der Waals surface area contributed by atoms with E-state index in [9.17, 15) is 13.2 Å². The van der Waals surface area contributed by atoms with Crippen molar-refractivity contribution in [1.82, 2.24) is 5.32 Å². The number of primary sulfonamides is 1. The number of hydrogen-bond acceptors (Lipinski definition) is 5. The average Bonchev–Trinajstić information content (AvgIpc) is 2.98. The summed E-state index contributed by atoms with van der Waals surface area (Å²) < 4.78 is 27.8. The van der Waals surface area contributed by atoms with E-state index in [0.717, 1.165) is 35.7 Å². The van der Waals surface area contributed by atoms with Gasteiger partial charge >= 0.3 is 0 Å². The Bertz CT molecular complexity index is 562. The van der Waals surface area contributed by atoms with Crippen LogP contribution in [-0.4, -0.2) is 33.6 Å². The van der Waals surface area contributed by atoms with E-state index in [4.69, 9.17) is 9.88 Å². The molecule has 0 aliphatic carbocycles. The monoisotopic (exact) mass is 318 g/mol. The molecule has 6 nitrogen and oxygen atoms in total.